The van der Waals surface area contributed by atoms with Crippen LogP contribution in [0.1, 0.15) is 39.0 Å². The summed E-state index contributed by atoms with van der Waals surface area (Å²) in [5, 5.41) is 0. The quantitative estimate of drug-likeness (QED) is 0.516. The number of piperidine rings is 1. The van der Waals surface area contributed by atoms with Crippen molar-refractivity contribution in [3.05, 3.63) is 0 Å². The highest BCUT2D eigenvalue weighted by atomic mass is 16.5. The summed E-state index contributed by atoms with van der Waals surface area (Å²) in [6.07, 6.45) is 2.25. The molecule has 2 amide bonds. The maximum absolute atomic E-state index is 11.4. The van der Waals surface area contributed by atoms with Gasteiger partial charge in [-0.25, -0.2) is 0 Å². The molecule has 16 heavy (non-hydrogen) atoms. The first-order valence-electron chi connectivity index (χ1n) is 5.64. The van der Waals surface area contributed by atoms with Gasteiger partial charge in [-0.1, -0.05) is 0 Å². The molecule has 0 radical (unpaired) electrons. The number of nitrogens with zero attached hydrogens (tertiary/aromatic N) is 1. The van der Waals surface area contributed by atoms with Gasteiger partial charge in [0, 0.05) is 25.8 Å². The van der Waals surface area contributed by atoms with Crippen molar-refractivity contribution in [1.29, 1.82) is 0 Å². The molecule has 0 aromatic rings. The molecule has 0 aromatic carbocycles. The van der Waals surface area contributed by atoms with E-state index >= 15 is 0 Å². The smallest absolute Gasteiger partial charge is 0.305 e. The van der Waals surface area contributed by atoms with Crippen molar-refractivity contribution in [1.82, 2.24) is 4.90 Å². The lowest BCUT2D eigenvalue weighted by Gasteiger charge is -2.24. The van der Waals surface area contributed by atoms with E-state index in [0.29, 0.717) is 38.8 Å². The van der Waals surface area contributed by atoms with Crippen LogP contribution in [0.4, 0.5) is 0 Å². The molecule has 1 rings (SSSR count). The van der Waals surface area contributed by atoms with Gasteiger partial charge in [-0.3, -0.25) is 19.3 Å². The predicted octanol–water partition coefficient (Wildman–Crippen LogP) is 0.869. The minimum absolute atomic E-state index is 0.125. The van der Waals surface area contributed by atoms with Gasteiger partial charge in [0.15, 0.2) is 0 Å². The average molecular weight is 227 g/mol. The van der Waals surface area contributed by atoms with E-state index in [0.717, 1.165) is 0 Å². The van der Waals surface area contributed by atoms with Crippen LogP contribution in [0.15, 0.2) is 0 Å². The highest BCUT2D eigenvalue weighted by molar-refractivity contribution is 5.97. The van der Waals surface area contributed by atoms with Gasteiger partial charge in [0.2, 0.25) is 11.8 Å². The standard InChI is InChI=1S/C11H17NO4/c1-2-16-11(15)7-4-8-12-9(13)5-3-6-10(12)14/h2-8H2,1H3. The summed E-state index contributed by atoms with van der Waals surface area (Å²) in [5.74, 6) is -0.528. The molecule has 0 unspecified atom stereocenters. The van der Waals surface area contributed by atoms with Crippen molar-refractivity contribution in [3.63, 3.8) is 0 Å². The number of imide groups is 1. The molecule has 0 bridgehead atoms. The summed E-state index contributed by atoms with van der Waals surface area (Å²) in [5.41, 5.74) is 0. The number of rotatable bonds is 5. The Morgan fingerprint density at radius 1 is 1.31 bits per heavy atom. The second-order valence-corrected chi connectivity index (χ2v) is 3.70. The summed E-state index contributed by atoms with van der Waals surface area (Å²) in [4.78, 5) is 35.1. The van der Waals surface area contributed by atoms with Crippen LogP contribution in [0.2, 0.25) is 0 Å². The van der Waals surface area contributed by atoms with E-state index in [4.69, 9.17) is 4.74 Å². The number of hydrogen-bond acceptors (Lipinski definition) is 4. The Hall–Kier alpha value is -1.39. The van der Waals surface area contributed by atoms with Crippen LogP contribution in [-0.2, 0) is 19.1 Å². The summed E-state index contributed by atoms with van der Waals surface area (Å²) in [6, 6.07) is 0. The average Bonchev–Trinajstić information content (AvgIpc) is 2.23. The Bertz CT molecular complexity index is 272. The SMILES string of the molecule is CCOC(=O)CCCN1C(=O)CCCC1=O. The Morgan fingerprint density at radius 3 is 2.50 bits per heavy atom. The molecule has 1 aliphatic heterocycles. The molecule has 1 aliphatic rings. The second-order valence-electron chi connectivity index (χ2n) is 3.70. The zero-order valence-corrected chi connectivity index (χ0v) is 9.53. The van der Waals surface area contributed by atoms with E-state index in [1.54, 1.807) is 6.92 Å². The topological polar surface area (TPSA) is 63.7 Å². The molecule has 0 saturated carbocycles. The minimum Gasteiger partial charge on any atom is -0.466 e. The predicted molar refractivity (Wildman–Crippen MR) is 56.4 cm³/mol. The van der Waals surface area contributed by atoms with Crippen molar-refractivity contribution in [2.75, 3.05) is 13.2 Å². The van der Waals surface area contributed by atoms with E-state index in [1.807, 2.05) is 0 Å². The highest BCUT2D eigenvalue weighted by Gasteiger charge is 2.25. The first kappa shape index (κ1) is 12.7. The van der Waals surface area contributed by atoms with Crippen LogP contribution in [0.25, 0.3) is 0 Å². The first-order valence-corrected chi connectivity index (χ1v) is 5.64. The number of carbonyl (C=O) groups excluding carboxylic acids is 3. The van der Waals surface area contributed by atoms with Crippen LogP contribution in [0, 0.1) is 0 Å². The van der Waals surface area contributed by atoms with Gasteiger partial charge in [-0.2, -0.15) is 0 Å². The van der Waals surface area contributed by atoms with E-state index < -0.39 is 0 Å². The van der Waals surface area contributed by atoms with Gasteiger partial charge in [0.1, 0.15) is 0 Å². The first-order chi connectivity index (χ1) is 7.65. The van der Waals surface area contributed by atoms with E-state index in [9.17, 15) is 14.4 Å². The van der Waals surface area contributed by atoms with Crippen LogP contribution in [0.5, 0.6) is 0 Å². The Balaban J connectivity index is 2.28. The van der Waals surface area contributed by atoms with Crippen LogP contribution < -0.4 is 0 Å². The van der Waals surface area contributed by atoms with Gasteiger partial charge in [-0.05, 0) is 19.8 Å². The Kier molecular flexibility index (Phi) is 4.95. The van der Waals surface area contributed by atoms with Crippen molar-refractivity contribution in [2.24, 2.45) is 0 Å². The summed E-state index contributed by atoms with van der Waals surface area (Å²) in [6.45, 7) is 2.44. The van der Waals surface area contributed by atoms with Gasteiger partial charge in [0.05, 0.1) is 6.61 Å². The molecular weight excluding hydrogens is 210 g/mol. The maximum atomic E-state index is 11.4. The van der Waals surface area contributed by atoms with Crippen molar-refractivity contribution >= 4 is 17.8 Å². The lowest BCUT2D eigenvalue weighted by molar-refractivity contribution is -0.149. The highest BCUT2D eigenvalue weighted by Crippen LogP contribution is 2.12. The molecular formula is C11H17NO4. The number of ether oxygens (including phenoxy) is 1. The van der Waals surface area contributed by atoms with Crippen molar-refractivity contribution in [2.45, 2.75) is 39.0 Å². The van der Waals surface area contributed by atoms with Crippen molar-refractivity contribution < 1.29 is 19.1 Å². The fourth-order valence-electron chi connectivity index (χ4n) is 1.66. The Morgan fingerprint density at radius 2 is 1.94 bits per heavy atom. The molecule has 5 heteroatoms. The summed E-state index contributed by atoms with van der Waals surface area (Å²) in [7, 11) is 0. The molecule has 90 valence electrons. The third kappa shape index (κ3) is 3.64. The zero-order chi connectivity index (χ0) is 12.0. The van der Waals surface area contributed by atoms with E-state index in [-0.39, 0.29) is 24.2 Å². The molecule has 1 fully saturated rings. The van der Waals surface area contributed by atoms with Crippen LogP contribution in [0.3, 0.4) is 0 Å². The fraction of sp³-hybridized carbons (Fsp3) is 0.727. The molecule has 0 aliphatic carbocycles. The van der Waals surface area contributed by atoms with Crippen LogP contribution in [-0.4, -0.2) is 35.8 Å². The lowest BCUT2D eigenvalue weighted by Crippen LogP contribution is -2.40. The monoisotopic (exact) mass is 227 g/mol. The number of carbonyl (C=O) groups is 3. The third-order valence-electron chi connectivity index (χ3n) is 2.45. The Labute approximate surface area is 94.7 Å². The van der Waals surface area contributed by atoms with Crippen molar-refractivity contribution in [3.8, 4) is 0 Å². The molecule has 1 heterocycles. The number of likely N-dealkylation sites (tertiary alicyclic amines) is 1. The summed E-state index contributed by atoms with van der Waals surface area (Å²) < 4.78 is 4.76. The van der Waals surface area contributed by atoms with Gasteiger partial charge >= 0.3 is 5.97 Å². The lowest BCUT2D eigenvalue weighted by atomic mass is 10.1. The maximum Gasteiger partial charge on any atom is 0.305 e. The zero-order valence-electron chi connectivity index (χ0n) is 9.53. The third-order valence-corrected chi connectivity index (χ3v) is 2.45. The van der Waals surface area contributed by atoms with Crippen LogP contribution >= 0.6 is 0 Å². The molecule has 0 spiro atoms. The molecule has 5 nitrogen and oxygen atoms in total. The molecule has 0 aromatic heterocycles. The van der Waals surface area contributed by atoms with E-state index in [1.165, 1.54) is 4.90 Å². The molecule has 0 N–H and O–H groups in total. The van der Waals surface area contributed by atoms with Gasteiger partial charge < -0.3 is 4.74 Å². The number of hydrogen-bond donors (Lipinski definition) is 0. The summed E-state index contributed by atoms with van der Waals surface area (Å²) >= 11 is 0. The molecule has 0 atom stereocenters. The largest absolute Gasteiger partial charge is 0.466 e. The van der Waals surface area contributed by atoms with Gasteiger partial charge in [0.25, 0.3) is 0 Å². The minimum atomic E-state index is -0.278. The molecule has 1 saturated heterocycles. The fourth-order valence-corrected chi connectivity index (χ4v) is 1.66. The normalized spacial score (nSPS) is 16.4. The second kappa shape index (κ2) is 6.25. The van der Waals surface area contributed by atoms with Gasteiger partial charge in [-0.15, -0.1) is 0 Å². The van der Waals surface area contributed by atoms with E-state index in [2.05, 4.69) is 0 Å². The number of amides is 2. The number of esters is 1.